The minimum atomic E-state index is -0.193. The molecule has 0 aliphatic rings. The van der Waals surface area contributed by atoms with Gasteiger partial charge in [-0.05, 0) is 25.1 Å². The van der Waals surface area contributed by atoms with E-state index in [4.69, 9.17) is 5.73 Å². The highest BCUT2D eigenvalue weighted by Crippen LogP contribution is 2.24. The molecule has 0 spiro atoms. The summed E-state index contributed by atoms with van der Waals surface area (Å²) >= 11 is 1.64. The molecule has 78 valence electrons. The molecule has 0 saturated heterocycles. The van der Waals surface area contributed by atoms with Crippen LogP contribution in [0.3, 0.4) is 0 Å². The third-order valence-electron chi connectivity index (χ3n) is 1.96. The Labute approximate surface area is 91.1 Å². The molecule has 5 heteroatoms. The SMILES string of the molecule is Cc1nc2cc(NC(=O)CN)ccc2s1. The summed E-state index contributed by atoms with van der Waals surface area (Å²) in [5.74, 6) is -0.193. The number of carbonyl (C=O) groups excluding carboxylic acids is 1. The number of hydrogen-bond acceptors (Lipinski definition) is 4. The maximum atomic E-state index is 11.1. The third-order valence-corrected chi connectivity index (χ3v) is 2.92. The van der Waals surface area contributed by atoms with Crippen molar-refractivity contribution in [3.8, 4) is 0 Å². The van der Waals surface area contributed by atoms with Gasteiger partial charge in [0.25, 0.3) is 0 Å². The fraction of sp³-hybridized carbons (Fsp3) is 0.200. The molecule has 0 bridgehead atoms. The lowest BCUT2D eigenvalue weighted by Gasteiger charge is -2.02. The first kappa shape index (κ1) is 10.1. The summed E-state index contributed by atoms with van der Waals surface area (Å²) in [5.41, 5.74) is 6.86. The number of nitrogens with one attached hydrogen (secondary N) is 1. The molecule has 0 aliphatic heterocycles. The Kier molecular flexibility index (Phi) is 2.66. The number of benzene rings is 1. The molecule has 3 N–H and O–H groups in total. The zero-order valence-electron chi connectivity index (χ0n) is 8.28. The molecule has 0 unspecified atom stereocenters. The number of nitrogens with two attached hydrogens (primary N) is 1. The van der Waals surface area contributed by atoms with Gasteiger partial charge in [0.15, 0.2) is 0 Å². The Hall–Kier alpha value is -1.46. The molecule has 0 aliphatic carbocycles. The summed E-state index contributed by atoms with van der Waals surface area (Å²) in [6.07, 6.45) is 0. The standard InChI is InChI=1S/C10H11N3OS/c1-6-12-8-4-7(13-10(14)5-11)2-3-9(8)15-6/h2-4H,5,11H2,1H3,(H,13,14). The number of carbonyl (C=O) groups is 1. The highest BCUT2D eigenvalue weighted by Gasteiger charge is 2.03. The first-order chi connectivity index (χ1) is 7.19. The number of thiazole rings is 1. The highest BCUT2D eigenvalue weighted by atomic mass is 32.1. The van der Waals surface area contributed by atoms with Gasteiger partial charge in [0.1, 0.15) is 0 Å². The van der Waals surface area contributed by atoms with Crippen LogP contribution in [0.5, 0.6) is 0 Å². The molecule has 4 nitrogen and oxygen atoms in total. The zero-order chi connectivity index (χ0) is 10.8. The van der Waals surface area contributed by atoms with Crippen molar-refractivity contribution in [2.75, 3.05) is 11.9 Å². The number of anilines is 1. The third kappa shape index (κ3) is 2.14. The predicted molar refractivity (Wildman–Crippen MR) is 62.0 cm³/mol. The van der Waals surface area contributed by atoms with Gasteiger partial charge in [-0.1, -0.05) is 0 Å². The molecular formula is C10H11N3OS. The van der Waals surface area contributed by atoms with Crippen LogP contribution in [-0.4, -0.2) is 17.4 Å². The second-order valence-corrected chi connectivity index (χ2v) is 4.40. The number of hydrogen-bond donors (Lipinski definition) is 2. The van der Waals surface area contributed by atoms with E-state index in [2.05, 4.69) is 10.3 Å². The van der Waals surface area contributed by atoms with Crippen molar-refractivity contribution in [1.29, 1.82) is 0 Å². The summed E-state index contributed by atoms with van der Waals surface area (Å²) < 4.78 is 1.12. The van der Waals surface area contributed by atoms with Crippen LogP contribution in [0.2, 0.25) is 0 Å². The molecule has 0 atom stereocenters. The van der Waals surface area contributed by atoms with Gasteiger partial charge >= 0.3 is 0 Å². The lowest BCUT2D eigenvalue weighted by atomic mass is 10.3. The molecule has 0 fully saturated rings. The number of nitrogens with zero attached hydrogens (tertiary/aromatic N) is 1. The topological polar surface area (TPSA) is 68.0 Å². The summed E-state index contributed by atoms with van der Waals surface area (Å²) in [6, 6.07) is 5.66. The summed E-state index contributed by atoms with van der Waals surface area (Å²) in [6.45, 7) is 1.96. The van der Waals surface area contributed by atoms with Gasteiger partial charge in [-0.15, -0.1) is 11.3 Å². The van der Waals surface area contributed by atoms with Crippen LogP contribution in [0.25, 0.3) is 10.2 Å². The van der Waals surface area contributed by atoms with Gasteiger partial charge in [0.05, 0.1) is 21.8 Å². The lowest BCUT2D eigenvalue weighted by Crippen LogP contribution is -2.21. The van der Waals surface area contributed by atoms with E-state index >= 15 is 0 Å². The summed E-state index contributed by atoms with van der Waals surface area (Å²) in [5, 5.41) is 3.71. The Balaban J connectivity index is 2.33. The summed E-state index contributed by atoms with van der Waals surface area (Å²) in [7, 11) is 0. The molecule has 1 aromatic carbocycles. The number of fused-ring (bicyclic) bond motifs is 1. The average molecular weight is 221 g/mol. The van der Waals surface area contributed by atoms with Crippen LogP contribution in [0.1, 0.15) is 5.01 Å². The first-order valence-corrected chi connectivity index (χ1v) is 5.38. The van der Waals surface area contributed by atoms with E-state index in [1.807, 2.05) is 25.1 Å². The minimum Gasteiger partial charge on any atom is -0.325 e. The van der Waals surface area contributed by atoms with Crippen LogP contribution in [0, 0.1) is 6.92 Å². The van der Waals surface area contributed by atoms with E-state index in [1.54, 1.807) is 11.3 Å². The van der Waals surface area contributed by atoms with E-state index in [-0.39, 0.29) is 12.5 Å². The molecule has 2 aromatic rings. The van der Waals surface area contributed by atoms with Crippen LogP contribution in [0.15, 0.2) is 18.2 Å². The summed E-state index contributed by atoms with van der Waals surface area (Å²) in [4.78, 5) is 15.4. The second-order valence-electron chi connectivity index (χ2n) is 3.17. The van der Waals surface area contributed by atoms with Gasteiger partial charge in [-0.2, -0.15) is 0 Å². The van der Waals surface area contributed by atoms with Gasteiger partial charge in [0.2, 0.25) is 5.91 Å². The normalized spacial score (nSPS) is 10.5. The predicted octanol–water partition coefficient (Wildman–Crippen LogP) is 1.50. The fourth-order valence-corrected chi connectivity index (χ4v) is 2.14. The maximum absolute atomic E-state index is 11.1. The van der Waals surface area contributed by atoms with Crippen LogP contribution < -0.4 is 11.1 Å². The Bertz CT molecular complexity index is 506. The van der Waals surface area contributed by atoms with Crippen molar-refractivity contribution in [3.05, 3.63) is 23.2 Å². The highest BCUT2D eigenvalue weighted by molar-refractivity contribution is 7.18. The smallest absolute Gasteiger partial charge is 0.238 e. The number of aromatic nitrogens is 1. The molecule has 1 heterocycles. The molecule has 0 saturated carbocycles. The molecule has 1 aromatic heterocycles. The number of aryl methyl sites for hydroxylation is 1. The van der Waals surface area contributed by atoms with E-state index in [9.17, 15) is 4.79 Å². The Morgan fingerprint density at radius 1 is 1.60 bits per heavy atom. The van der Waals surface area contributed by atoms with Gasteiger partial charge < -0.3 is 11.1 Å². The molecular weight excluding hydrogens is 210 g/mol. The van der Waals surface area contributed by atoms with E-state index in [0.29, 0.717) is 0 Å². The quantitative estimate of drug-likeness (QED) is 0.807. The van der Waals surface area contributed by atoms with Crippen LogP contribution in [0.4, 0.5) is 5.69 Å². The lowest BCUT2D eigenvalue weighted by molar-refractivity contribution is -0.114. The zero-order valence-corrected chi connectivity index (χ0v) is 9.10. The van der Waals surface area contributed by atoms with Gasteiger partial charge in [0, 0.05) is 5.69 Å². The van der Waals surface area contributed by atoms with Crippen molar-refractivity contribution in [2.45, 2.75) is 6.92 Å². The van der Waals surface area contributed by atoms with E-state index in [0.717, 1.165) is 20.9 Å². The Morgan fingerprint density at radius 3 is 3.13 bits per heavy atom. The molecule has 2 rings (SSSR count). The maximum Gasteiger partial charge on any atom is 0.238 e. The van der Waals surface area contributed by atoms with Crippen molar-refractivity contribution >= 4 is 33.1 Å². The molecule has 1 amide bonds. The van der Waals surface area contributed by atoms with Crippen LogP contribution >= 0.6 is 11.3 Å². The van der Waals surface area contributed by atoms with E-state index < -0.39 is 0 Å². The minimum absolute atomic E-state index is 0.00582. The monoisotopic (exact) mass is 221 g/mol. The van der Waals surface area contributed by atoms with Gasteiger partial charge in [-0.3, -0.25) is 4.79 Å². The van der Waals surface area contributed by atoms with Crippen molar-refractivity contribution in [3.63, 3.8) is 0 Å². The molecule has 15 heavy (non-hydrogen) atoms. The van der Waals surface area contributed by atoms with Crippen LogP contribution in [-0.2, 0) is 4.79 Å². The number of amides is 1. The molecule has 0 radical (unpaired) electrons. The average Bonchev–Trinajstić information content (AvgIpc) is 2.57. The largest absolute Gasteiger partial charge is 0.325 e. The van der Waals surface area contributed by atoms with Crippen molar-refractivity contribution < 1.29 is 4.79 Å². The first-order valence-electron chi connectivity index (χ1n) is 4.56. The second kappa shape index (κ2) is 3.96. The van der Waals surface area contributed by atoms with Gasteiger partial charge in [-0.25, -0.2) is 4.98 Å². The van der Waals surface area contributed by atoms with Crippen molar-refractivity contribution in [2.24, 2.45) is 5.73 Å². The van der Waals surface area contributed by atoms with Crippen molar-refractivity contribution in [1.82, 2.24) is 4.98 Å². The fourth-order valence-electron chi connectivity index (χ4n) is 1.33. The Morgan fingerprint density at radius 2 is 2.40 bits per heavy atom. The van der Waals surface area contributed by atoms with E-state index in [1.165, 1.54) is 0 Å². The number of rotatable bonds is 2.